The fourth-order valence-electron chi connectivity index (χ4n) is 2.08. The summed E-state index contributed by atoms with van der Waals surface area (Å²) in [5.41, 5.74) is 1.36. The Kier molecular flexibility index (Phi) is 5.40. The van der Waals surface area contributed by atoms with Gasteiger partial charge in [-0.15, -0.1) is 5.10 Å². The third-order valence-corrected chi connectivity index (χ3v) is 3.28. The predicted molar refractivity (Wildman–Crippen MR) is 78.9 cm³/mol. The Hall–Kier alpha value is -2.77. The first kappa shape index (κ1) is 16.6. The summed E-state index contributed by atoms with van der Waals surface area (Å²) in [4.78, 5) is 22.5. The first-order valence-corrected chi connectivity index (χ1v) is 7.07. The molecule has 0 saturated heterocycles. The summed E-state index contributed by atoms with van der Waals surface area (Å²) >= 11 is 0. The molecule has 2 aromatic rings. The van der Waals surface area contributed by atoms with Gasteiger partial charge in [-0.1, -0.05) is 24.3 Å². The third kappa shape index (κ3) is 5.17. The lowest BCUT2D eigenvalue weighted by molar-refractivity contribution is -0.138. The number of carboxylic acids is 1. The number of carboxylic acid groups (broad SMARTS) is 1. The minimum Gasteiger partial charge on any atom is -0.480 e. The van der Waals surface area contributed by atoms with Crippen molar-refractivity contribution >= 4 is 11.9 Å². The van der Waals surface area contributed by atoms with Gasteiger partial charge in [0.1, 0.15) is 18.1 Å². The van der Waals surface area contributed by atoms with Crippen LogP contribution in [0.15, 0.2) is 30.5 Å². The Balaban J connectivity index is 1.81. The first-order valence-electron chi connectivity index (χ1n) is 7.07. The Morgan fingerprint density at radius 1 is 1.35 bits per heavy atom. The second kappa shape index (κ2) is 7.48. The summed E-state index contributed by atoms with van der Waals surface area (Å²) in [6, 6.07) is 6.05. The van der Waals surface area contributed by atoms with E-state index in [9.17, 15) is 14.0 Å². The number of carbonyl (C=O) groups excluding carboxylic acids is 1. The van der Waals surface area contributed by atoms with Crippen LogP contribution in [-0.2, 0) is 22.7 Å². The first-order chi connectivity index (χ1) is 10.9. The molecule has 8 heteroatoms. The minimum atomic E-state index is -1.02. The molecule has 0 spiro atoms. The van der Waals surface area contributed by atoms with E-state index in [2.05, 4.69) is 15.6 Å². The van der Waals surface area contributed by atoms with Crippen molar-refractivity contribution in [2.45, 2.75) is 32.4 Å². The van der Waals surface area contributed by atoms with Crippen LogP contribution in [-0.4, -0.2) is 32.0 Å². The summed E-state index contributed by atoms with van der Waals surface area (Å²) in [7, 11) is 0. The molecule has 1 unspecified atom stereocenters. The molecule has 0 fully saturated rings. The Bertz CT molecular complexity index is 684. The van der Waals surface area contributed by atoms with Crippen molar-refractivity contribution in [3.05, 3.63) is 47.5 Å². The maximum Gasteiger partial charge on any atom is 0.325 e. The van der Waals surface area contributed by atoms with E-state index in [0.717, 1.165) is 5.56 Å². The lowest BCUT2D eigenvalue weighted by atomic mass is 9.97. The fraction of sp³-hybridized carbons (Fsp3) is 0.333. The van der Waals surface area contributed by atoms with Crippen molar-refractivity contribution in [2.75, 3.05) is 0 Å². The van der Waals surface area contributed by atoms with E-state index in [1.54, 1.807) is 12.1 Å². The second-order valence-corrected chi connectivity index (χ2v) is 5.23. The number of hydrogen-bond donors (Lipinski definition) is 2. The zero-order valence-corrected chi connectivity index (χ0v) is 12.6. The van der Waals surface area contributed by atoms with Gasteiger partial charge in [-0.25, -0.2) is 9.07 Å². The number of aromatic nitrogens is 3. The molecule has 122 valence electrons. The van der Waals surface area contributed by atoms with Crippen LogP contribution in [0.25, 0.3) is 0 Å². The fourth-order valence-corrected chi connectivity index (χ4v) is 2.08. The number of aliphatic carboxylic acids is 1. The van der Waals surface area contributed by atoms with Crippen LogP contribution in [0.2, 0.25) is 0 Å². The monoisotopic (exact) mass is 320 g/mol. The van der Waals surface area contributed by atoms with Crippen molar-refractivity contribution in [1.82, 2.24) is 20.3 Å². The van der Waals surface area contributed by atoms with Crippen molar-refractivity contribution in [2.24, 2.45) is 0 Å². The molecule has 1 aromatic carbocycles. The normalized spacial score (nSPS) is 11.9. The summed E-state index contributed by atoms with van der Waals surface area (Å²) in [5, 5.41) is 18.8. The summed E-state index contributed by atoms with van der Waals surface area (Å²) in [5.74, 6) is -1.54. The average Bonchev–Trinajstić information content (AvgIpc) is 2.92. The highest BCUT2D eigenvalue weighted by atomic mass is 19.1. The molecule has 2 rings (SSSR count). The zero-order valence-electron chi connectivity index (χ0n) is 12.6. The van der Waals surface area contributed by atoms with Gasteiger partial charge in [0.25, 0.3) is 0 Å². The largest absolute Gasteiger partial charge is 0.480 e. The molecule has 1 atom stereocenters. The van der Waals surface area contributed by atoms with E-state index in [1.165, 1.54) is 23.0 Å². The van der Waals surface area contributed by atoms with Gasteiger partial charge in [0, 0.05) is 6.42 Å². The van der Waals surface area contributed by atoms with Gasteiger partial charge >= 0.3 is 5.97 Å². The highest BCUT2D eigenvalue weighted by Gasteiger charge is 2.12. The van der Waals surface area contributed by atoms with Crippen molar-refractivity contribution in [1.29, 1.82) is 0 Å². The number of benzene rings is 1. The summed E-state index contributed by atoms with van der Waals surface area (Å²) < 4.78 is 14.1. The number of halogens is 1. The molecule has 0 aliphatic heterocycles. The molecular formula is C15H17FN4O3. The minimum absolute atomic E-state index is 0.0432. The molecule has 1 heterocycles. The van der Waals surface area contributed by atoms with E-state index in [0.29, 0.717) is 5.69 Å². The molecule has 23 heavy (non-hydrogen) atoms. The predicted octanol–water partition coefficient (Wildman–Crippen LogP) is 1.31. The van der Waals surface area contributed by atoms with Crippen molar-refractivity contribution < 1.29 is 19.1 Å². The van der Waals surface area contributed by atoms with Crippen LogP contribution in [0.3, 0.4) is 0 Å². The van der Waals surface area contributed by atoms with Gasteiger partial charge in [0.15, 0.2) is 0 Å². The molecule has 0 saturated carbocycles. The van der Waals surface area contributed by atoms with E-state index in [1.807, 2.05) is 6.92 Å². The van der Waals surface area contributed by atoms with Crippen molar-refractivity contribution in [3.8, 4) is 0 Å². The molecule has 1 aromatic heterocycles. The number of amides is 1. The van der Waals surface area contributed by atoms with Crippen LogP contribution >= 0.6 is 0 Å². The maximum atomic E-state index is 12.9. The van der Waals surface area contributed by atoms with Crippen molar-refractivity contribution in [3.63, 3.8) is 0 Å². The Labute approximate surface area is 132 Å². The van der Waals surface area contributed by atoms with Crippen LogP contribution in [0.4, 0.5) is 4.39 Å². The van der Waals surface area contributed by atoms with E-state index in [4.69, 9.17) is 5.11 Å². The molecule has 1 amide bonds. The van der Waals surface area contributed by atoms with Crippen LogP contribution in [0.1, 0.15) is 30.5 Å². The summed E-state index contributed by atoms with van der Waals surface area (Å²) in [6.45, 7) is 1.78. The second-order valence-electron chi connectivity index (χ2n) is 5.23. The van der Waals surface area contributed by atoms with Gasteiger partial charge < -0.3 is 10.4 Å². The van der Waals surface area contributed by atoms with Gasteiger partial charge in [0.2, 0.25) is 5.91 Å². The molecule has 2 N–H and O–H groups in total. The third-order valence-electron chi connectivity index (χ3n) is 3.28. The maximum absolute atomic E-state index is 12.9. The highest BCUT2D eigenvalue weighted by molar-refractivity contribution is 5.76. The van der Waals surface area contributed by atoms with Crippen LogP contribution < -0.4 is 5.32 Å². The summed E-state index contributed by atoms with van der Waals surface area (Å²) in [6.07, 6.45) is 1.73. The van der Waals surface area contributed by atoms with E-state index >= 15 is 0 Å². The molecule has 7 nitrogen and oxygen atoms in total. The Morgan fingerprint density at radius 2 is 2.04 bits per heavy atom. The van der Waals surface area contributed by atoms with Gasteiger partial charge in [-0.05, 0) is 23.6 Å². The number of nitrogens with one attached hydrogen (secondary N) is 1. The zero-order chi connectivity index (χ0) is 16.8. The van der Waals surface area contributed by atoms with Crippen LogP contribution in [0.5, 0.6) is 0 Å². The molecule has 0 radical (unpaired) electrons. The molecule has 0 aliphatic rings. The van der Waals surface area contributed by atoms with Crippen LogP contribution in [0, 0.1) is 5.82 Å². The molecular weight excluding hydrogens is 303 g/mol. The van der Waals surface area contributed by atoms with E-state index in [-0.39, 0.29) is 37.2 Å². The topological polar surface area (TPSA) is 97.1 Å². The number of carbonyl (C=O) groups is 2. The number of nitrogens with zero attached hydrogens (tertiary/aromatic N) is 3. The smallest absolute Gasteiger partial charge is 0.325 e. The lowest BCUT2D eigenvalue weighted by Crippen LogP contribution is -2.24. The number of rotatable bonds is 7. The molecule has 0 bridgehead atoms. The van der Waals surface area contributed by atoms with Gasteiger partial charge in [-0.3, -0.25) is 9.59 Å². The van der Waals surface area contributed by atoms with Gasteiger partial charge in [-0.2, -0.15) is 0 Å². The average molecular weight is 320 g/mol. The molecule has 0 aliphatic carbocycles. The number of hydrogen-bond acceptors (Lipinski definition) is 4. The SMILES string of the molecule is CC(CC(=O)NCc1cn(CC(=O)O)nn1)c1ccc(F)cc1. The van der Waals surface area contributed by atoms with E-state index < -0.39 is 5.97 Å². The van der Waals surface area contributed by atoms with Gasteiger partial charge in [0.05, 0.1) is 12.7 Å². The lowest BCUT2D eigenvalue weighted by Gasteiger charge is -2.11. The Morgan fingerprint density at radius 3 is 2.70 bits per heavy atom. The standard InChI is InChI=1S/C15H17FN4O3/c1-10(11-2-4-12(16)5-3-11)6-14(21)17-7-13-8-20(19-18-13)9-15(22)23/h2-5,8,10H,6-7,9H2,1H3,(H,17,21)(H,22,23). The highest BCUT2D eigenvalue weighted by Crippen LogP contribution is 2.19. The quantitative estimate of drug-likeness (QED) is 0.802.